The van der Waals surface area contributed by atoms with Crippen molar-refractivity contribution in [1.29, 1.82) is 0 Å². The molecule has 15 nitrogen and oxygen atoms in total. The topological polar surface area (TPSA) is 194 Å². The first-order valence-electron chi connectivity index (χ1n) is 18.4. The first-order valence-corrected chi connectivity index (χ1v) is 19.9. The molecule has 2 aromatic rings. The fraction of sp³-hybridized carbons (Fsp3) is 0.605. The summed E-state index contributed by atoms with van der Waals surface area (Å²) in [5, 5.41) is 14.8. The molecule has 3 heterocycles. The van der Waals surface area contributed by atoms with E-state index in [0.717, 1.165) is 10.3 Å². The number of rotatable bonds is 7. The summed E-state index contributed by atoms with van der Waals surface area (Å²) in [5.41, 5.74) is -2.63. The Morgan fingerprint density at radius 1 is 1.17 bits per heavy atom. The van der Waals surface area contributed by atoms with Gasteiger partial charge >= 0.3 is 6.09 Å². The van der Waals surface area contributed by atoms with Gasteiger partial charge in [0, 0.05) is 29.5 Å². The van der Waals surface area contributed by atoms with E-state index in [4.69, 9.17) is 14.2 Å². The minimum atomic E-state index is -4.03. The SMILES string of the molecule is COc1ccc2c(O[C@@H]3C[C@H]4C(=O)N[C@]5(C(=O)NS(=O)(=O)C6(C)CC6)C[C@H]5/C=C\CC[C@@H](C)O[C@@H](C)[C@H](N(C(=O)O)C(C)(C)C)C(=O)N4C3)nccc2c1. The molecule has 6 rings (SSSR count). The van der Waals surface area contributed by atoms with E-state index in [1.807, 2.05) is 19.1 Å². The second kappa shape index (κ2) is 14.3. The minimum absolute atomic E-state index is 0.0265. The Hall–Kier alpha value is -4.44. The number of ether oxygens (including phenoxy) is 3. The molecule has 3 N–H and O–H groups in total. The second-order valence-corrected chi connectivity index (χ2v) is 18.5. The number of carbonyl (C=O) groups excluding carboxylic acids is 3. The van der Waals surface area contributed by atoms with Crippen molar-refractivity contribution in [2.24, 2.45) is 5.92 Å². The first kappa shape index (κ1) is 39.3. The molecule has 1 aromatic carbocycles. The zero-order valence-corrected chi connectivity index (χ0v) is 32.6. The predicted octanol–water partition coefficient (Wildman–Crippen LogP) is 3.76. The van der Waals surface area contributed by atoms with Crippen LogP contribution in [0.3, 0.4) is 0 Å². The Labute approximate surface area is 315 Å². The molecule has 0 spiro atoms. The Bertz CT molecular complexity index is 1960. The number of allylic oxidation sites excluding steroid dienone is 1. The predicted molar refractivity (Wildman–Crippen MR) is 198 cm³/mol. The number of methoxy groups -OCH3 is 1. The minimum Gasteiger partial charge on any atom is -0.497 e. The lowest BCUT2D eigenvalue weighted by Crippen LogP contribution is -2.64. The number of benzene rings is 1. The summed E-state index contributed by atoms with van der Waals surface area (Å²) < 4.78 is 45.6. The molecule has 54 heavy (non-hydrogen) atoms. The molecule has 1 aromatic heterocycles. The fourth-order valence-corrected chi connectivity index (χ4v) is 8.87. The van der Waals surface area contributed by atoms with Crippen LogP contribution in [0.15, 0.2) is 42.6 Å². The van der Waals surface area contributed by atoms with Crippen molar-refractivity contribution in [2.75, 3.05) is 13.7 Å². The van der Waals surface area contributed by atoms with Gasteiger partial charge in [-0.3, -0.25) is 24.0 Å². The van der Waals surface area contributed by atoms with Gasteiger partial charge in [-0.2, -0.15) is 0 Å². The van der Waals surface area contributed by atoms with Crippen molar-refractivity contribution < 1.29 is 46.9 Å². The van der Waals surface area contributed by atoms with E-state index in [0.29, 0.717) is 36.8 Å². The van der Waals surface area contributed by atoms with Crippen LogP contribution >= 0.6 is 0 Å². The van der Waals surface area contributed by atoms with E-state index in [1.54, 1.807) is 72.2 Å². The van der Waals surface area contributed by atoms with Crippen molar-refractivity contribution in [2.45, 2.75) is 126 Å². The number of hydrogen-bond acceptors (Lipinski definition) is 10. The van der Waals surface area contributed by atoms with Crippen molar-refractivity contribution in [3.63, 3.8) is 0 Å². The van der Waals surface area contributed by atoms with Crippen LogP contribution < -0.4 is 19.5 Å². The smallest absolute Gasteiger partial charge is 0.408 e. The van der Waals surface area contributed by atoms with Gasteiger partial charge in [0.25, 0.3) is 5.91 Å². The Balaban J connectivity index is 1.39. The number of pyridine rings is 1. The molecule has 16 heteroatoms. The number of hydrogen-bond donors (Lipinski definition) is 3. The Morgan fingerprint density at radius 2 is 1.89 bits per heavy atom. The molecular weight excluding hydrogens is 719 g/mol. The third kappa shape index (κ3) is 7.59. The van der Waals surface area contributed by atoms with Crippen LogP contribution in [-0.2, 0) is 29.1 Å². The van der Waals surface area contributed by atoms with E-state index < -0.39 is 86.0 Å². The Kier molecular flexibility index (Phi) is 10.4. The summed E-state index contributed by atoms with van der Waals surface area (Å²) in [7, 11) is -2.46. The molecule has 3 fully saturated rings. The molecule has 4 aliphatic rings. The quantitative estimate of drug-likeness (QED) is 0.348. The van der Waals surface area contributed by atoms with Gasteiger partial charge in [-0.25, -0.2) is 18.2 Å². The van der Waals surface area contributed by atoms with Crippen molar-refractivity contribution >= 4 is 44.6 Å². The van der Waals surface area contributed by atoms with Gasteiger partial charge in [0.2, 0.25) is 27.7 Å². The first-order chi connectivity index (χ1) is 25.3. The lowest BCUT2D eigenvalue weighted by molar-refractivity contribution is -0.151. The van der Waals surface area contributed by atoms with Gasteiger partial charge < -0.3 is 29.5 Å². The third-order valence-corrected chi connectivity index (χ3v) is 13.3. The molecule has 4 amide bonds. The van der Waals surface area contributed by atoms with Gasteiger partial charge in [-0.15, -0.1) is 0 Å². The molecule has 2 saturated carbocycles. The average molecular weight is 770 g/mol. The number of fused-ring (bicyclic) bond motifs is 3. The highest BCUT2D eigenvalue weighted by Gasteiger charge is 2.63. The number of amides is 4. The highest BCUT2D eigenvalue weighted by atomic mass is 32.2. The van der Waals surface area contributed by atoms with Crippen LogP contribution in [0.2, 0.25) is 0 Å². The summed E-state index contributed by atoms with van der Waals surface area (Å²) in [6.07, 6.45) is 3.82. The highest BCUT2D eigenvalue weighted by molar-refractivity contribution is 7.91. The van der Waals surface area contributed by atoms with Crippen molar-refractivity contribution in [3.8, 4) is 11.6 Å². The normalized spacial score (nSPS) is 30.5. The van der Waals surface area contributed by atoms with Crippen LogP contribution in [0, 0.1) is 5.92 Å². The monoisotopic (exact) mass is 769 g/mol. The van der Waals surface area contributed by atoms with Gasteiger partial charge in [0.05, 0.1) is 30.6 Å². The largest absolute Gasteiger partial charge is 0.497 e. The summed E-state index contributed by atoms with van der Waals surface area (Å²) in [6, 6.07) is 4.60. The van der Waals surface area contributed by atoms with E-state index in [1.165, 1.54) is 4.90 Å². The maximum atomic E-state index is 14.9. The number of aromatic nitrogens is 1. The van der Waals surface area contributed by atoms with Gasteiger partial charge in [-0.1, -0.05) is 12.2 Å². The second-order valence-electron chi connectivity index (χ2n) is 16.3. The molecule has 0 unspecified atom stereocenters. The molecular formula is C38H51N5O10S. The average Bonchev–Trinajstić information content (AvgIpc) is 3.97. The lowest BCUT2D eigenvalue weighted by Gasteiger charge is -2.43. The van der Waals surface area contributed by atoms with Crippen LogP contribution in [0.1, 0.15) is 80.1 Å². The summed E-state index contributed by atoms with van der Waals surface area (Å²) >= 11 is 0. The molecule has 0 radical (unpaired) electrons. The molecule has 1 saturated heterocycles. The van der Waals surface area contributed by atoms with E-state index >= 15 is 0 Å². The highest BCUT2D eigenvalue weighted by Crippen LogP contribution is 2.47. The van der Waals surface area contributed by atoms with E-state index in [2.05, 4.69) is 15.0 Å². The maximum absolute atomic E-state index is 14.9. The van der Waals surface area contributed by atoms with Gasteiger partial charge in [0.15, 0.2) is 0 Å². The lowest BCUT2D eigenvalue weighted by atomic mass is 9.99. The molecule has 2 aliphatic carbocycles. The molecule has 2 aliphatic heterocycles. The molecule has 294 valence electrons. The number of sulfonamides is 1. The molecule has 7 atom stereocenters. The summed E-state index contributed by atoms with van der Waals surface area (Å²) in [4.78, 5) is 63.0. The maximum Gasteiger partial charge on any atom is 0.408 e. The molecule has 0 bridgehead atoms. The number of nitrogens with zero attached hydrogens (tertiary/aromatic N) is 3. The van der Waals surface area contributed by atoms with Gasteiger partial charge in [0.1, 0.15) is 29.5 Å². The van der Waals surface area contributed by atoms with Crippen LogP contribution in [0.4, 0.5) is 4.79 Å². The van der Waals surface area contributed by atoms with E-state index in [9.17, 15) is 32.7 Å². The fourth-order valence-electron chi connectivity index (χ4n) is 7.56. The van der Waals surface area contributed by atoms with Crippen LogP contribution in [0.25, 0.3) is 10.8 Å². The van der Waals surface area contributed by atoms with Crippen molar-refractivity contribution in [1.82, 2.24) is 24.8 Å². The van der Waals surface area contributed by atoms with Crippen molar-refractivity contribution in [3.05, 3.63) is 42.6 Å². The number of carbonyl (C=O) groups is 4. The summed E-state index contributed by atoms with van der Waals surface area (Å²) in [6.45, 7) is 9.98. The standard InChI is InChI=1S/C38H51N5O10S/c1-22-10-8-9-11-25-20-38(25,34(46)41-54(49,50)37(6)15-16-37)40-31(44)29-19-27(53-32-28-13-12-26(51-7)18-24(28)14-17-39-32)21-42(29)33(45)30(23(2)52-22)43(35(47)48)36(3,4)5/h9,11-14,17-18,22-23,25,27,29-30H,8,10,15-16,19-21H2,1-7H3,(H,40,44)(H,41,46)(H,47,48)/b11-9-/t22-,23+,25-,27-,29+,30+,38-/m1/s1. The zero-order valence-electron chi connectivity index (χ0n) is 31.8. The van der Waals surface area contributed by atoms with Crippen LogP contribution in [0.5, 0.6) is 11.6 Å². The Morgan fingerprint density at radius 3 is 2.54 bits per heavy atom. The zero-order chi connectivity index (χ0) is 39.4. The van der Waals surface area contributed by atoms with E-state index in [-0.39, 0.29) is 25.3 Å². The van der Waals surface area contributed by atoms with Crippen LogP contribution in [-0.4, -0.2) is 112 Å². The third-order valence-electron chi connectivity index (χ3n) is 11.1. The number of nitrogens with one attached hydrogen (secondary N) is 2. The van der Waals surface area contributed by atoms with Gasteiger partial charge in [-0.05, 0) is 103 Å². The summed E-state index contributed by atoms with van der Waals surface area (Å²) in [5.74, 6) is -1.81. The number of carboxylic acid groups (broad SMARTS) is 1.